The van der Waals surface area contributed by atoms with Crippen LogP contribution in [0.4, 0.5) is 11.4 Å². The van der Waals surface area contributed by atoms with Crippen molar-refractivity contribution in [3.63, 3.8) is 0 Å². The van der Waals surface area contributed by atoms with Crippen LogP contribution in [0.5, 0.6) is 0 Å². The molecule has 1 fully saturated rings. The highest BCUT2D eigenvalue weighted by molar-refractivity contribution is 7.89. The first-order chi connectivity index (χ1) is 16.2. The van der Waals surface area contributed by atoms with Crippen LogP contribution < -0.4 is 10.2 Å². The number of carbonyl (C=O) groups is 3. The van der Waals surface area contributed by atoms with Gasteiger partial charge in [0.1, 0.15) is 6.04 Å². The third kappa shape index (κ3) is 4.90. The Kier molecular flexibility index (Phi) is 6.85. The van der Waals surface area contributed by atoms with E-state index in [0.717, 1.165) is 14.1 Å². The molecule has 0 aliphatic carbocycles. The second kappa shape index (κ2) is 9.67. The van der Waals surface area contributed by atoms with Gasteiger partial charge in [0.25, 0.3) is 5.91 Å². The molecule has 1 N–H and O–H groups in total. The third-order valence-corrected chi connectivity index (χ3v) is 8.21. The summed E-state index contributed by atoms with van der Waals surface area (Å²) in [6, 6.07) is 14.2. The maximum atomic E-state index is 13.7. The van der Waals surface area contributed by atoms with Gasteiger partial charge in [-0.05, 0) is 60.0 Å². The number of thiophene rings is 1. The van der Waals surface area contributed by atoms with Crippen molar-refractivity contribution in [2.75, 3.05) is 10.2 Å². The molecule has 176 valence electrons. The Labute approximate surface area is 205 Å². The summed E-state index contributed by atoms with van der Waals surface area (Å²) in [6.07, 6.45) is -0.282. The number of amides is 3. The summed E-state index contributed by atoms with van der Waals surface area (Å²) in [4.78, 5) is 39.1. The Morgan fingerprint density at radius 1 is 1.12 bits per heavy atom. The molecule has 1 saturated heterocycles. The average Bonchev–Trinajstić information content (AvgIpc) is 3.40. The molecule has 1 aliphatic heterocycles. The zero-order valence-corrected chi connectivity index (χ0v) is 20.4. The fourth-order valence-electron chi connectivity index (χ4n) is 3.67. The van der Waals surface area contributed by atoms with Crippen molar-refractivity contribution >= 4 is 62.1 Å². The Morgan fingerprint density at radius 3 is 2.38 bits per heavy atom. The number of nitrogens with zero attached hydrogens (tertiary/aromatic N) is 2. The minimum Gasteiger partial charge on any atom is -0.326 e. The van der Waals surface area contributed by atoms with Crippen molar-refractivity contribution in [3.8, 4) is 0 Å². The monoisotopic (exact) mass is 517 g/mol. The molecule has 0 spiro atoms. The van der Waals surface area contributed by atoms with Gasteiger partial charge in [0.15, 0.2) is 0 Å². The van der Waals surface area contributed by atoms with Crippen molar-refractivity contribution in [2.45, 2.75) is 30.8 Å². The van der Waals surface area contributed by atoms with Gasteiger partial charge in [0.2, 0.25) is 21.8 Å². The van der Waals surface area contributed by atoms with Crippen LogP contribution in [0.1, 0.15) is 18.2 Å². The number of anilines is 2. The molecule has 0 saturated carbocycles. The van der Waals surface area contributed by atoms with Crippen LogP contribution in [-0.4, -0.2) is 36.5 Å². The number of halogens is 1. The van der Waals surface area contributed by atoms with Gasteiger partial charge in [-0.1, -0.05) is 17.7 Å². The molecule has 1 atom stereocenters. The van der Waals surface area contributed by atoms with Crippen molar-refractivity contribution < 1.29 is 22.8 Å². The largest absolute Gasteiger partial charge is 0.326 e. The Bertz CT molecular complexity index is 1320. The number of hydrogen-bond acceptors (Lipinski definition) is 6. The highest BCUT2D eigenvalue weighted by Crippen LogP contribution is 2.32. The van der Waals surface area contributed by atoms with Gasteiger partial charge in [-0.3, -0.25) is 14.4 Å². The summed E-state index contributed by atoms with van der Waals surface area (Å²) in [6.45, 7) is 1.29. The van der Waals surface area contributed by atoms with E-state index in [0.29, 0.717) is 16.4 Å². The molecule has 11 heteroatoms. The lowest BCUT2D eigenvalue weighted by molar-refractivity contribution is -0.122. The highest BCUT2D eigenvalue weighted by atomic mass is 35.5. The summed E-state index contributed by atoms with van der Waals surface area (Å²) in [7, 11) is -4.17. The van der Waals surface area contributed by atoms with E-state index >= 15 is 0 Å². The smallest absolute Gasteiger partial charge is 0.252 e. The molecule has 34 heavy (non-hydrogen) atoms. The quantitative estimate of drug-likeness (QED) is 0.479. The molecule has 1 aromatic heterocycles. The molecule has 4 rings (SSSR count). The predicted octanol–water partition coefficient (Wildman–Crippen LogP) is 3.88. The fourth-order valence-corrected chi connectivity index (χ4v) is 6.14. The van der Waals surface area contributed by atoms with Crippen LogP contribution >= 0.6 is 22.9 Å². The van der Waals surface area contributed by atoms with Crippen molar-refractivity contribution in [1.82, 2.24) is 4.31 Å². The molecule has 1 aliphatic rings. The SMILES string of the molecule is CC(=O)Nc1ccc(S(=O)(=O)N(Cc2cccs2)C2CC(=O)N(c3ccc(Cl)cc3)C2=O)cc1. The Hall–Kier alpha value is -3.05. The molecular formula is C23H20ClN3O5S2. The van der Waals surface area contributed by atoms with Crippen LogP contribution in [-0.2, 0) is 31.0 Å². The predicted molar refractivity (Wildman–Crippen MR) is 130 cm³/mol. The average molecular weight is 518 g/mol. The van der Waals surface area contributed by atoms with E-state index in [1.54, 1.807) is 36.4 Å². The first-order valence-corrected chi connectivity index (χ1v) is 12.9. The van der Waals surface area contributed by atoms with Crippen LogP contribution in [0.3, 0.4) is 0 Å². The van der Waals surface area contributed by atoms with E-state index in [1.807, 2.05) is 5.38 Å². The summed E-state index contributed by atoms with van der Waals surface area (Å²) in [5.74, 6) is -1.40. The van der Waals surface area contributed by atoms with Gasteiger partial charge in [0.05, 0.1) is 17.0 Å². The van der Waals surface area contributed by atoms with E-state index in [-0.39, 0.29) is 23.8 Å². The molecular weight excluding hydrogens is 498 g/mol. The Morgan fingerprint density at radius 2 is 1.79 bits per heavy atom. The lowest BCUT2D eigenvalue weighted by atomic mass is 10.2. The topological polar surface area (TPSA) is 104 Å². The molecule has 3 amide bonds. The van der Waals surface area contributed by atoms with Crippen LogP contribution in [0.2, 0.25) is 5.02 Å². The van der Waals surface area contributed by atoms with Crippen molar-refractivity contribution in [3.05, 3.63) is 75.9 Å². The molecule has 2 aromatic carbocycles. The number of sulfonamides is 1. The van der Waals surface area contributed by atoms with Crippen LogP contribution in [0.15, 0.2) is 70.9 Å². The second-order valence-electron chi connectivity index (χ2n) is 7.60. The molecule has 8 nitrogen and oxygen atoms in total. The van der Waals surface area contributed by atoms with E-state index in [9.17, 15) is 22.8 Å². The van der Waals surface area contributed by atoms with Gasteiger partial charge in [-0.15, -0.1) is 11.3 Å². The molecule has 2 heterocycles. The summed E-state index contributed by atoms with van der Waals surface area (Å²) in [5.41, 5.74) is 0.771. The van der Waals surface area contributed by atoms with E-state index in [2.05, 4.69) is 5.32 Å². The molecule has 0 bridgehead atoms. The van der Waals surface area contributed by atoms with E-state index in [1.165, 1.54) is 42.5 Å². The number of rotatable bonds is 7. The molecule has 0 radical (unpaired) electrons. The summed E-state index contributed by atoms with van der Waals surface area (Å²) >= 11 is 7.27. The van der Waals surface area contributed by atoms with Crippen LogP contribution in [0.25, 0.3) is 0 Å². The van der Waals surface area contributed by atoms with E-state index in [4.69, 9.17) is 11.6 Å². The molecule has 1 unspecified atom stereocenters. The lowest BCUT2D eigenvalue weighted by Gasteiger charge is -2.26. The normalized spacial score (nSPS) is 16.3. The first-order valence-electron chi connectivity index (χ1n) is 10.2. The van der Waals surface area contributed by atoms with Gasteiger partial charge in [0, 0.05) is 29.1 Å². The highest BCUT2D eigenvalue weighted by Gasteiger charge is 2.47. The van der Waals surface area contributed by atoms with Crippen molar-refractivity contribution in [1.29, 1.82) is 0 Å². The van der Waals surface area contributed by atoms with E-state index < -0.39 is 27.9 Å². The third-order valence-electron chi connectivity index (χ3n) is 5.23. The minimum atomic E-state index is -4.17. The molecule has 3 aromatic rings. The van der Waals surface area contributed by atoms with Crippen LogP contribution in [0, 0.1) is 0 Å². The second-order valence-corrected chi connectivity index (χ2v) is 11.0. The number of carbonyl (C=O) groups excluding carboxylic acids is 3. The lowest BCUT2D eigenvalue weighted by Crippen LogP contribution is -2.44. The van der Waals surface area contributed by atoms with Gasteiger partial charge in [-0.2, -0.15) is 4.31 Å². The zero-order chi connectivity index (χ0) is 24.5. The Balaban J connectivity index is 1.70. The maximum absolute atomic E-state index is 13.7. The fraction of sp³-hybridized carbons (Fsp3) is 0.174. The zero-order valence-electron chi connectivity index (χ0n) is 18.0. The number of nitrogens with one attached hydrogen (secondary N) is 1. The van der Waals surface area contributed by atoms with Crippen molar-refractivity contribution in [2.24, 2.45) is 0 Å². The van der Waals surface area contributed by atoms with Gasteiger partial charge < -0.3 is 5.32 Å². The van der Waals surface area contributed by atoms with Gasteiger partial charge >= 0.3 is 0 Å². The summed E-state index contributed by atoms with van der Waals surface area (Å²) < 4.78 is 28.4. The number of imide groups is 1. The van der Waals surface area contributed by atoms with Gasteiger partial charge in [-0.25, -0.2) is 13.3 Å². The number of hydrogen-bond donors (Lipinski definition) is 1. The summed E-state index contributed by atoms with van der Waals surface area (Å²) in [5, 5.41) is 4.84. The minimum absolute atomic E-state index is 0.0525. The standard InChI is InChI=1S/C23H20ClN3O5S2/c1-15(28)25-17-6-10-20(11-7-17)34(31,32)26(14-19-3-2-12-33-19)21-13-22(29)27(23(21)30)18-8-4-16(24)5-9-18/h2-12,21H,13-14H2,1H3,(H,25,28). The number of benzene rings is 2. The maximum Gasteiger partial charge on any atom is 0.252 e. The first kappa shape index (κ1) is 24.1.